The normalized spacial score (nSPS) is 10.5. The quantitative estimate of drug-likeness (QED) is 0.793. The lowest BCUT2D eigenvalue weighted by Crippen LogP contribution is -1.96. The summed E-state index contributed by atoms with van der Waals surface area (Å²) in [5.41, 5.74) is 3.26. The lowest BCUT2D eigenvalue weighted by Gasteiger charge is -2.06. The van der Waals surface area contributed by atoms with Crippen molar-refractivity contribution >= 4 is 0 Å². The van der Waals surface area contributed by atoms with Gasteiger partial charge in [0.25, 0.3) is 0 Å². The fraction of sp³-hybridized carbons (Fsp3) is 0.231. The molecule has 1 aromatic heterocycles. The zero-order chi connectivity index (χ0) is 10.8. The average molecular weight is 201 g/mol. The molecular weight excluding hydrogens is 186 g/mol. The van der Waals surface area contributed by atoms with E-state index in [9.17, 15) is 5.11 Å². The number of rotatable bonds is 2. The van der Waals surface area contributed by atoms with Gasteiger partial charge in [-0.15, -0.1) is 0 Å². The average Bonchev–Trinajstić information content (AvgIpc) is 2.57. The third-order valence-corrected chi connectivity index (χ3v) is 2.66. The fourth-order valence-electron chi connectivity index (χ4n) is 1.70. The van der Waals surface area contributed by atoms with Gasteiger partial charge in [0, 0.05) is 25.4 Å². The number of phenolic OH excluding ortho intramolecular Hbond substituents is 1. The summed E-state index contributed by atoms with van der Waals surface area (Å²) in [6, 6.07) is 9.90. The van der Waals surface area contributed by atoms with Gasteiger partial charge in [-0.25, -0.2) is 0 Å². The molecule has 0 bridgehead atoms. The van der Waals surface area contributed by atoms with Gasteiger partial charge in [-0.05, 0) is 36.2 Å². The maximum atomic E-state index is 9.77. The topological polar surface area (TPSA) is 25.2 Å². The van der Waals surface area contributed by atoms with Crippen LogP contribution in [0.3, 0.4) is 0 Å². The largest absolute Gasteiger partial charge is 0.508 e. The Bertz CT molecular complexity index is 471. The standard InChI is InChI=1S/C13H15NO/c1-10-5-6-11(13(15)8-10)9-12-4-3-7-14(12)2/h3-8,15H,9H2,1-2H3. The molecule has 0 amide bonds. The van der Waals surface area contributed by atoms with Crippen molar-refractivity contribution in [2.24, 2.45) is 7.05 Å². The number of hydrogen-bond donors (Lipinski definition) is 1. The molecular formula is C13H15NO. The van der Waals surface area contributed by atoms with Crippen LogP contribution in [0, 0.1) is 6.92 Å². The Labute approximate surface area is 89.8 Å². The van der Waals surface area contributed by atoms with Crippen LogP contribution in [-0.2, 0) is 13.5 Å². The summed E-state index contributed by atoms with van der Waals surface area (Å²) in [5.74, 6) is 0.385. The SMILES string of the molecule is Cc1ccc(Cc2cccn2C)c(O)c1. The molecule has 15 heavy (non-hydrogen) atoms. The van der Waals surface area contributed by atoms with Gasteiger partial charge in [0.1, 0.15) is 5.75 Å². The molecule has 0 fully saturated rings. The second kappa shape index (κ2) is 3.81. The first-order chi connectivity index (χ1) is 7.16. The zero-order valence-corrected chi connectivity index (χ0v) is 9.07. The Morgan fingerprint density at radius 1 is 1.27 bits per heavy atom. The van der Waals surface area contributed by atoms with Crippen molar-refractivity contribution in [3.8, 4) is 5.75 Å². The van der Waals surface area contributed by atoms with Crippen LogP contribution in [0.5, 0.6) is 5.75 Å². The molecule has 1 N–H and O–H groups in total. The molecule has 1 aromatic carbocycles. The Kier molecular flexibility index (Phi) is 2.50. The second-order valence-corrected chi connectivity index (χ2v) is 3.92. The van der Waals surface area contributed by atoms with E-state index in [2.05, 4.69) is 10.6 Å². The number of nitrogens with zero attached hydrogens (tertiary/aromatic N) is 1. The van der Waals surface area contributed by atoms with E-state index in [4.69, 9.17) is 0 Å². The minimum absolute atomic E-state index is 0.385. The van der Waals surface area contributed by atoms with Gasteiger partial charge in [-0.1, -0.05) is 12.1 Å². The molecule has 0 spiro atoms. The van der Waals surface area contributed by atoms with E-state index in [0.29, 0.717) is 5.75 Å². The summed E-state index contributed by atoms with van der Waals surface area (Å²) in [6.45, 7) is 1.98. The van der Waals surface area contributed by atoms with Gasteiger partial charge in [-0.2, -0.15) is 0 Å². The molecule has 0 saturated carbocycles. The Morgan fingerprint density at radius 3 is 2.67 bits per heavy atom. The minimum Gasteiger partial charge on any atom is -0.508 e. The van der Waals surface area contributed by atoms with E-state index in [1.165, 1.54) is 5.69 Å². The molecule has 0 atom stereocenters. The first-order valence-corrected chi connectivity index (χ1v) is 5.05. The number of aromatic hydroxyl groups is 1. The van der Waals surface area contributed by atoms with E-state index in [1.54, 1.807) is 6.07 Å². The van der Waals surface area contributed by atoms with Crippen LogP contribution in [0.4, 0.5) is 0 Å². The van der Waals surface area contributed by atoms with Gasteiger partial charge in [0.2, 0.25) is 0 Å². The van der Waals surface area contributed by atoms with Gasteiger partial charge in [0.15, 0.2) is 0 Å². The lowest BCUT2D eigenvalue weighted by atomic mass is 10.1. The first-order valence-electron chi connectivity index (χ1n) is 5.05. The first kappa shape index (κ1) is 9.84. The number of phenols is 1. The van der Waals surface area contributed by atoms with Gasteiger partial charge in [0.05, 0.1) is 0 Å². The summed E-state index contributed by atoms with van der Waals surface area (Å²) in [6.07, 6.45) is 2.79. The Balaban J connectivity index is 2.29. The smallest absolute Gasteiger partial charge is 0.119 e. The molecule has 0 unspecified atom stereocenters. The van der Waals surface area contributed by atoms with Gasteiger partial charge >= 0.3 is 0 Å². The van der Waals surface area contributed by atoms with Crippen LogP contribution in [-0.4, -0.2) is 9.67 Å². The van der Waals surface area contributed by atoms with Crippen molar-refractivity contribution in [1.82, 2.24) is 4.57 Å². The molecule has 0 aliphatic heterocycles. The number of aromatic nitrogens is 1. The summed E-state index contributed by atoms with van der Waals surface area (Å²) >= 11 is 0. The van der Waals surface area contributed by atoms with Crippen LogP contribution in [0.15, 0.2) is 36.5 Å². The highest BCUT2D eigenvalue weighted by Gasteiger charge is 2.04. The third-order valence-electron chi connectivity index (χ3n) is 2.66. The van der Waals surface area contributed by atoms with Crippen molar-refractivity contribution in [2.75, 3.05) is 0 Å². The fourth-order valence-corrected chi connectivity index (χ4v) is 1.70. The summed E-state index contributed by atoms with van der Waals surface area (Å²) in [7, 11) is 2.01. The molecule has 0 saturated heterocycles. The molecule has 0 aliphatic carbocycles. The molecule has 1 heterocycles. The van der Waals surface area contributed by atoms with E-state index >= 15 is 0 Å². The van der Waals surface area contributed by atoms with Crippen molar-refractivity contribution in [1.29, 1.82) is 0 Å². The van der Waals surface area contributed by atoms with Crippen molar-refractivity contribution in [3.63, 3.8) is 0 Å². The molecule has 0 aliphatic rings. The van der Waals surface area contributed by atoms with Crippen molar-refractivity contribution in [3.05, 3.63) is 53.3 Å². The molecule has 2 heteroatoms. The highest BCUT2D eigenvalue weighted by atomic mass is 16.3. The molecule has 2 rings (SSSR count). The van der Waals surface area contributed by atoms with Crippen molar-refractivity contribution < 1.29 is 5.11 Å². The van der Waals surface area contributed by atoms with E-state index in [1.807, 2.05) is 38.4 Å². The van der Waals surface area contributed by atoms with Gasteiger partial charge in [-0.3, -0.25) is 0 Å². The van der Waals surface area contributed by atoms with E-state index < -0.39 is 0 Å². The van der Waals surface area contributed by atoms with Crippen molar-refractivity contribution in [2.45, 2.75) is 13.3 Å². The minimum atomic E-state index is 0.385. The predicted octanol–water partition coefficient (Wildman–Crippen LogP) is 2.63. The number of hydrogen-bond acceptors (Lipinski definition) is 1. The maximum absolute atomic E-state index is 9.77. The predicted molar refractivity (Wildman–Crippen MR) is 61.1 cm³/mol. The second-order valence-electron chi connectivity index (χ2n) is 3.92. The molecule has 0 radical (unpaired) electrons. The number of aryl methyl sites for hydroxylation is 2. The monoisotopic (exact) mass is 201 g/mol. The number of benzene rings is 1. The maximum Gasteiger partial charge on any atom is 0.119 e. The summed E-state index contributed by atoms with van der Waals surface area (Å²) in [4.78, 5) is 0. The summed E-state index contributed by atoms with van der Waals surface area (Å²) < 4.78 is 2.07. The van der Waals surface area contributed by atoms with Gasteiger partial charge < -0.3 is 9.67 Å². The highest BCUT2D eigenvalue weighted by Crippen LogP contribution is 2.21. The molecule has 78 valence electrons. The van der Waals surface area contributed by atoms with Crippen LogP contribution >= 0.6 is 0 Å². The Morgan fingerprint density at radius 2 is 2.07 bits per heavy atom. The third kappa shape index (κ3) is 2.04. The zero-order valence-electron chi connectivity index (χ0n) is 9.07. The van der Waals surface area contributed by atoms with E-state index in [0.717, 1.165) is 17.5 Å². The highest BCUT2D eigenvalue weighted by molar-refractivity contribution is 5.38. The van der Waals surface area contributed by atoms with Crippen LogP contribution in [0.1, 0.15) is 16.8 Å². The van der Waals surface area contributed by atoms with Crippen LogP contribution in [0.2, 0.25) is 0 Å². The lowest BCUT2D eigenvalue weighted by molar-refractivity contribution is 0.468. The molecule has 2 aromatic rings. The van der Waals surface area contributed by atoms with Crippen LogP contribution < -0.4 is 0 Å². The van der Waals surface area contributed by atoms with Crippen LogP contribution in [0.25, 0.3) is 0 Å². The Hall–Kier alpha value is -1.70. The molecule has 2 nitrogen and oxygen atoms in total. The summed E-state index contributed by atoms with van der Waals surface area (Å²) in [5, 5.41) is 9.77. The van der Waals surface area contributed by atoms with E-state index in [-0.39, 0.29) is 0 Å².